The maximum Gasteiger partial charge on any atom is 0.255 e. The number of pyridine rings is 2. The number of nitrogens with zero attached hydrogens (tertiary/aromatic N) is 1. The minimum atomic E-state index is -0.214. The molecule has 2 heterocycles. The Kier molecular flexibility index (Phi) is 2.69. The van der Waals surface area contributed by atoms with Gasteiger partial charge in [-0.3, -0.25) is 9.78 Å². The Hall–Kier alpha value is -3.14. The van der Waals surface area contributed by atoms with Crippen LogP contribution in [-0.2, 0) is 0 Å². The minimum absolute atomic E-state index is 0.0970. The zero-order valence-corrected chi connectivity index (χ0v) is 11.6. The van der Waals surface area contributed by atoms with Crippen molar-refractivity contribution in [2.75, 3.05) is 0 Å². The Morgan fingerprint density at radius 1 is 1.05 bits per heavy atom. The highest BCUT2D eigenvalue weighted by atomic mass is 16.3. The van der Waals surface area contributed by atoms with Gasteiger partial charge in [0, 0.05) is 28.7 Å². The van der Waals surface area contributed by atoms with E-state index in [1.54, 1.807) is 30.6 Å². The van der Waals surface area contributed by atoms with Crippen LogP contribution in [0, 0.1) is 0 Å². The van der Waals surface area contributed by atoms with Gasteiger partial charge in [-0.2, -0.15) is 0 Å². The lowest BCUT2D eigenvalue weighted by molar-refractivity contribution is 0.481. The number of benzene rings is 2. The van der Waals surface area contributed by atoms with Gasteiger partial charge in [0.15, 0.2) is 0 Å². The number of aromatic hydroxyl groups is 1. The normalized spacial score (nSPS) is 11.1. The second-order valence-corrected chi connectivity index (χ2v) is 5.14. The van der Waals surface area contributed by atoms with E-state index in [-0.39, 0.29) is 11.3 Å². The van der Waals surface area contributed by atoms with Crippen molar-refractivity contribution in [1.29, 1.82) is 0 Å². The monoisotopic (exact) mass is 288 g/mol. The summed E-state index contributed by atoms with van der Waals surface area (Å²) in [7, 11) is 0. The molecular formula is C18H12N2O2. The topological polar surface area (TPSA) is 66.0 Å². The first-order valence-corrected chi connectivity index (χ1v) is 6.92. The summed E-state index contributed by atoms with van der Waals surface area (Å²) >= 11 is 0. The SMILES string of the molecule is O=c1[nH]cc(-c2ccc3cccnc3c2)c2c(O)cccc12. The molecule has 106 valence electrons. The minimum Gasteiger partial charge on any atom is -0.507 e. The van der Waals surface area contributed by atoms with Gasteiger partial charge in [-0.1, -0.05) is 24.3 Å². The van der Waals surface area contributed by atoms with Gasteiger partial charge >= 0.3 is 0 Å². The second-order valence-electron chi connectivity index (χ2n) is 5.14. The van der Waals surface area contributed by atoms with Crippen molar-refractivity contribution in [3.63, 3.8) is 0 Å². The van der Waals surface area contributed by atoms with Gasteiger partial charge in [-0.05, 0) is 29.8 Å². The molecule has 0 fully saturated rings. The van der Waals surface area contributed by atoms with Gasteiger partial charge in [-0.25, -0.2) is 0 Å². The highest BCUT2D eigenvalue weighted by Crippen LogP contribution is 2.33. The molecule has 0 saturated heterocycles. The Balaban J connectivity index is 2.08. The molecule has 2 aromatic heterocycles. The average Bonchev–Trinajstić information content (AvgIpc) is 2.55. The largest absolute Gasteiger partial charge is 0.507 e. The van der Waals surface area contributed by atoms with Gasteiger partial charge in [0.2, 0.25) is 0 Å². The molecule has 0 spiro atoms. The summed E-state index contributed by atoms with van der Waals surface area (Å²) in [4.78, 5) is 19.0. The van der Waals surface area contributed by atoms with E-state index in [0.29, 0.717) is 10.8 Å². The highest BCUT2D eigenvalue weighted by molar-refractivity contribution is 6.01. The van der Waals surface area contributed by atoms with Crippen molar-refractivity contribution in [1.82, 2.24) is 9.97 Å². The van der Waals surface area contributed by atoms with Crippen LogP contribution in [-0.4, -0.2) is 15.1 Å². The number of rotatable bonds is 1. The second kappa shape index (κ2) is 4.70. The number of aromatic nitrogens is 2. The summed E-state index contributed by atoms with van der Waals surface area (Å²) < 4.78 is 0. The van der Waals surface area contributed by atoms with Crippen LogP contribution in [0.25, 0.3) is 32.8 Å². The maximum atomic E-state index is 11.9. The summed E-state index contributed by atoms with van der Waals surface area (Å²) in [6.07, 6.45) is 3.38. The summed E-state index contributed by atoms with van der Waals surface area (Å²) in [5.74, 6) is 0.0970. The van der Waals surface area contributed by atoms with Crippen LogP contribution < -0.4 is 5.56 Å². The van der Waals surface area contributed by atoms with Gasteiger partial charge < -0.3 is 10.1 Å². The number of hydrogen-bond donors (Lipinski definition) is 2. The van der Waals surface area contributed by atoms with Crippen LogP contribution in [0.4, 0.5) is 0 Å². The predicted octanol–water partition coefficient (Wildman–Crippen LogP) is 3.45. The van der Waals surface area contributed by atoms with Crippen molar-refractivity contribution in [3.8, 4) is 16.9 Å². The predicted molar refractivity (Wildman–Crippen MR) is 87.0 cm³/mol. The molecule has 0 aliphatic heterocycles. The molecule has 4 rings (SSSR count). The first-order valence-electron chi connectivity index (χ1n) is 6.92. The Morgan fingerprint density at radius 2 is 1.95 bits per heavy atom. The van der Waals surface area contributed by atoms with Crippen LogP contribution >= 0.6 is 0 Å². The Morgan fingerprint density at radius 3 is 2.86 bits per heavy atom. The molecule has 0 unspecified atom stereocenters. The molecule has 0 radical (unpaired) electrons. The number of phenols is 1. The van der Waals surface area contributed by atoms with Crippen LogP contribution in [0.1, 0.15) is 0 Å². The molecule has 0 bridgehead atoms. The van der Waals surface area contributed by atoms with Gasteiger partial charge in [-0.15, -0.1) is 0 Å². The van der Waals surface area contributed by atoms with Crippen LogP contribution in [0.15, 0.2) is 65.7 Å². The molecule has 2 N–H and O–H groups in total. The number of H-pyrrole nitrogens is 1. The first kappa shape index (κ1) is 12.6. The van der Waals surface area contributed by atoms with Gasteiger partial charge in [0.25, 0.3) is 5.56 Å². The van der Waals surface area contributed by atoms with Crippen LogP contribution in [0.5, 0.6) is 5.75 Å². The molecule has 4 heteroatoms. The number of aromatic amines is 1. The van der Waals surface area contributed by atoms with Crippen molar-refractivity contribution in [2.24, 2.45) is 0 Å². The number of phenolic OH excluding ortho intramolecular Hbond substituents is 1. The van der Waals surface area contributed by atoms with E-state index >= 15 is 0 Å². The third-order valence-electron chi connectivity index (χ3n) is 3.82. The maximum absolute atomic E-state index is 11.9. The van der Waals surface area contributed by atoms with Crippen LogP contribution in [0.2, 0.25) is 0 Å². The third kappa shape index (κ3) is 1.85. The molecule has 0 aliphatic carbocycles. The number of fused-ring (bicyclic) bond motifs is 2. The Bertz CT molecular complexity index is 1070. The van der Waals surface area contributed by atoms with E-state index in [2.05, 4.69) is 9.97 Å². The fourth-order valence-electron chi connectivity index (χ4n) is 2.76. The smallest absolute Gasteiger partial charge is 0.255 e. The lowest BCUT2D eigenvalue weighted by Crippen LogP contribution is -2.05. The summed E-state index contributed by atoms with van der Waals surface area (Å²) in [5.41, 5.74) is 2.33. The summed E-state index contributed by atoms with van der Waals surface area (Å²) in [6.45, 7) is 0. The van der Waals surface area contributed by atoms with E-state index in [0.717, 1.165) is 22.0 Å². The molecule has 22 heavy (non-hydrogen) atoms. The number of nitrogens with one attached hydrogen (secondary N) is 1. The first-order chi connectivity index (χ1) is 10.7. The molecule has 4 nitrogen and oxygen atoms in total. The van der Waals surface area contributed by atoms with E-state index in [9.17, 15) is 9.90 Å². The fraction of sp³-hybridized carbons (Fsp3) is 0. The highest BCUT2D eigenvalue weighted by Gasteiger charge is 2.11. The van der Waals surface area contributed by atoms with E-state index in [1.165, 1.54) is 0 Å². The number of hydrogen-bond acceptors (Lipinski definition) is 3. The standard InChI is InChI=1S/C18H12N2O2/c21-16-5-1-4-13-17(16)14(10-20-18(13)22)12-7-6-11-3-2-8-19-15(11)9-12/h1-10,21H,(H,20,22). The third-order valence-corrected chi connectivity index (χ3v) is 3.82. The lowest BCUT2D eigenvalue weighted by Gasteiger charge is -2.09. The quantitative estimate of drug-likeness (QED) is 0.564. The van der Waals surface area contributed by atoms with E-state index in [1.807, 2.05) is 30.3 Å². The van der Waals surface area contributed by atoms with Crippen molar-refractivity contribution < 1.29 is 5.11 Å². The Labute approximate surface area is 125 Å². The lowest BCUT2D eigenvalue weighted by atomic mass is 9.99. The zero-order valence-electron chi connectivity index (χ0n) is 11.6. The zero-order chi connectivity index (χ0) is 15.1. The van der Waals surface area contributed by atoms with Crippen molar-refractivity contribution in [2.45, 2.75) is 0 Å². The van der Waals surface area contributed by atoms with E-state index in [4.69, 9.17) is 0 Å². The van der Waals surface area contributed by atoms with Crippen molar-refractivity contribution in [3.05, 3.63) is 71.3 Å². The van der Waals surface area contributed by atoms with Crippen LogP contribution in [0.3, 0.4) is 0 Å². The average molecular weight is 288 g/mol. The molecule has 0 saturated carbocycles. The molecule has 4 aromatic rings. The van der Waals surface area contributed by atoms with Crippen molar-refractivity contribution >= 4 is 21.7 Å². The summed E-state index contributed by atoms with van der Waals surface area (Å²) in [6, 6.07) is 14.7. The van der Waals surface area contributed by atoms with E-state index < -0.39 is 0 Å². The van der Waals surface area contributed by atoms with Gasteiger partial charge in [0.05, 0.1) is 10.9 Å². The molecule has 0 aliphatic rings. The fourth-order valence-corrected chi connectivity index (χ4v) is 2.76. The molecular weight excluding hydrogens is 276 g/mol. The summed E-state index contributed by atoms with van der Waals surface area (Å²) in [5, 5.41) is 12.3. The molecule has 2 aromatic carbocycles. The van der Waals surface area contributed by atoms with Gasteiger partial charge in [0.1, 0.15) is 5.75 Å². The molecule has 0 amide bonds. The molecule has 0 atom stereocenters.